The van der Waals surface area contributed by atoms with E-state index in [4.69, 9.17) is 28.5 Å². The fourth-order valence-corrected chi connectivity index (χ4v) is 6.56. The summed E-state index contributed by atoms with van der Waals surface area (Å²) in [5.41, 5.74) is -0.835. The number of carbonyl (C=O) groups is 4. The third kappa shape index (κ3) is 14.7. The average Bonchev–Trinajstić information content (AvgIpc) is 3.44. The summed E-state index contributed by atoms with van der Waals surface area (Å²) in [6.45, 7) is 4.97. The van der Waals surface area contributed by atoms with Crippen LogP contribution >= 0.6 is 11.3 Å². The standard InChI is InChI=1S/C31H41N5O13S2/c1-20-29(36-31(50-20)35-21(2)37)51(43,44)34-10-7-26(38)32-8-3-11-45-13-15-47-16-14-46-12-4-9-33-28(41)24-17-22-5-6-23(48-19-27(39)40)18-25(22)49-30(24)42/h5-6,17-18,34H,3-4,7-16,19H2,1-2H3,(H,32,38)(H,33,41)(H,39,40)(H,35,36,37). The maximum absolute atomic E-state index is 12.5. The monoisotopic (exact) mass is 755 g/mol. The summed E-state index contributed by atoms with van der Waals surface area (Å²) in [6.07, 6.45) is 0.992. The summed E-state index contributed by atoms with van der Waals surface area (Å²) in [5.74, 6) is -2.20. The van der Waals surface area contributed by atoms with Crippen LogP contribution in [0.5, 0.6) is 5.75 Å². The summed E-state index contributed by atoms with van der Waals surface area (Å²) < 4.78 is 54.0. The van der Waals surface area contributed by atoms with Crippen LogP contribution in [0.3, 0.4) is 0 Å². The summed E-state index contributed by atoms with van der Waals surface area (Å²) in [7, 11) is -3.93. The molecule has 2 heterocycles. The zero-order valence-corrected chi connectivity index (χ0v) is 29.7. The van der Waals surface area contributed by atoms with E-state index in [9.17, 15) is 32.4 Å². The number of amides is 3. The lowest BCUT2D eigenvalue weighted by Crippen LogP contribution is -2.32. The Morgan fingerprint density at radius 2 is 1.57 bits per heavy atom. The van der Waals surface area contributed by atoms with Crippen molar-refractivity contribution >= 4 is 61.2 Å². The summed E-state index contributed by atoms with van der Waals surface area (Å²) in [4.78, 5) is 63.0. The molecular formula is C31H41N5O13S2. The van der Waals surface area contributed by atoms with Gasteiger partial charge in [-0.15, -0.1) is 11.3 Å². The first-order valence-corrected chi connectivity index (χ1v) is 18.1. The molecule has 0 bridgehead atoms. The van der Waals surface area contributed by atoms with Crippen molar-refractivity contribution in [2.45, 2.75) is 38.1 Å². The molecule has 0 fully saturated rings. The van der Waals surface area contributed by atoms with E-state index in [0.717, 1.165) is 11.3 Å². The minimum atomic E-state index is -3.93. The number of carbonyl (C=O) groups excluding carboxylic acids is 3. The Balaban J connectivity index is 1.14. The second-order valence-corrected chi connectivity index (χ2v) is 13.6. The van der Waals surface area contributed by atoms with Crippen LogP contribution in [0.15, 0.2) is 38.5 Å². The van der Waals surface area contributed by atoms with E-state index in [0.29, 0.717) is 69.3 Å². The maximum atomic E-state index is 12.5. The van der Waals surface area contributed by atoms with Crippen molar-refractivity contribution in [3.63, 3.8) is 0 Å². The molecule has 0 aliphatic heterocycles. The molecule has 0 aliphatic rings. The lowest BCUT2D eigenvalue weighted by molar-refractivity contribution is -0.139. The fourth-order valence-electron chi connectivity index (χ4n) is 4.19. The molecule has 0 saturated carbocycles. The topological polar surface area (TPSA) is 251 Å². The second kappa shape index (κ2) is 21.0. The predicted molar refractivity (Wildman–Crippen MR) is 184 cm³/mol. The van der Waals surface area contributed by atoms with E-state index >= 15 is 0 Å². The van der Waals surface area contributed by atoms with Crippen LogP contribution in [0.25, 0.3) is 11.0 Å². The highest BCUT2D eigenvalue weighted by atomic mass is 32.2. The van der Waals surface area contributed by atoms with Gasteiger partial charge in [0.25, 0.3) is 15.9 Å². The molecule has 51 heavy (non-hydrogen) atoms. The molecule has 2 aromatic heterocycles. The van der Waals surface area contributed by atoms with Gasteiger partial charge in [-0.05, 0) is 38.0 Å². The Labute approximate surface area is 297 Å². The number of benzene rings is 1. The van der Waals surface area contributed by atoms with Crippen LogP contribution in [0.1, 0.15) is 41.4 Å². The molecule has 3 rings (SSSR count). The minimum Gasteiger partial charge on any atom is -0.482 e. The quantitative estimate of drug-likeness (QED) is 0.0633. The molecule has 18 nitrogen and oxygen atoms in total. The van der Waals surface area contributed by atoms with Crippen LogP contribution < -0.4 is 31.0 Å². The molecule has 0 radical (unpaired) electrons. The largest absolute Gasteiger partial charge is 0.482 e. The van der Waals surface area contributed by atoms with E-state index in [1.165, 1.54) is 25.1 Å². The highest BCUT2D eigenvalue weighted by Crippen LogP contribution is 2.25. The van der Waals surface area contributed by atoms with Crippen molar-refractivity contribution in [3.8, 4) is 5.75 Å². The molecule has 5 N–H and O–H groups in total. The smallest absolute Gasteiger partial charge is 0.349 e. The summed E-state index contributed by atoms with van der Waals surface area (Å²) in [6, 6.07) is 5.84. The molecule has 0 unspecified atom stereocenters. The van der Waals surface area contributed by atoms with E-state index < -0.39 is 34.1 Å². The Kier molecular flexibility index (Phi) is 16.9. The van der Waals surface area contributed by atoms with Crippen molar-refractivity contribution < 1.29 is 56.1 Å². The van der Waals surface area contributed by atoms with Gasteiger partial charge >= 0.3 is 11.6 Å². The first-order valence-electron chi connectivity index (χ1n) is 15.8. The first kappa shape index (κ1) is 41.0. The number of nitrogens with one attached hydrogen (secondary N) is 4. The second-order valence-electron chi connectivity index (χ2n) is 10.7. The number of hydrogen-bond donors (Lipinski definition) is 5. The Hall–Kier alpha value is -4.47. The summed E-state index contributed by atoms with van der Waals surface area (Å²) in [5, 5.41) is 17.0. The van der Waals surface area contributed by atoms with Gasteiger partial charge in [0.1, 0.15) is 16.9 Å². The number of fused-ring (bicyclic) bond motifs is 1. The number of aromatic nitrogens is 1. The zero-order valence-electron chi connectivity index (χ0n) is 28.1. The van der Waals surface area contributed by atoms with Crippen LogP contribution in [0, 0.1) is 6.92 Å². The molecule has 0 atom stereocenters. The number of sulfonamides is 1. The van der Waals surface area contributed by atoms with E-state index in [1.54, 1.807) is 13.0 Å². The Bertz CT molecular complexity index is 1810. The molecule has 0 spiro atoms. The van der Waals surface area contributed by atoms with Crippen molar-refractivity contribution in [2.24, 2.45) is 0 Å². The predicted octanol–water partition coefficient (Wildman–Crippen LogP) is 1.02. The molecule has 3 aromatic rings. The number of thiazole rings is 1. The van der Waals surface area contributed by atoms with Crippen molar-refractivity contribution in [1.29, 1.82) is 0 Å². The average molecular weight is 756 g/mol. The number of rotatable bonds is 24. The Morgan fingerprint density at radius 1 is 0.922 bits per heavy atom. The van der Waals surface area contributed by atoms with Gasteiger partial charge in [0.05, 0.1) is 26.4 Å². The summed E-state index contributed by atoms with van der Waals surface area (Å²) >= 11 is 1.04. The maximum Gasteiger partial charge on any atom is 0.349 e. The van der Waals surface area contributed by atoms with Gasteiger partial charge in [0, 0.05) is 62.5 Å². The van der Waals surface area contributed by atoms with Crippen LogP contribution in [0.2, 0.25) is 0 Å². The van der Waals surface area contributed by atoms with E-state index in [1.807, 2.05) is 0 Å². The number of aryl methyl sites for hydroxylation is 1. The SMILES string of the molecule is CC(=O)Nc1nc(S(=O)(=O)NCCC(=O)NCCCOCCOCCOCCCNC(=O)c2cc3ccc(OCC(=O)O)cc3oc2=O)c(C)s1. The van der Waals surface area contributed by atoms with Crippen LogP contribution in [-0.2, 0) is 38.6 Å². The fraction of sp³-hybridized carbons (Fsp3) is 0.484. The Morgan fingerprint density at radius 3 is 2.22 bits per heavy atom. The number of anilines is 1. The molecular weight excluding hydrogens is 714 g/mol. The molecule has 3 amide bonds. The molecule has 20 heteroatoms. The number of carboxylic acids is 1. The highest BCUT2D eigenvalue weighted by Gasteiger charge is 2.22. The van der Waals surface area contributed by atoms with Crippen molar-refractivity contribution in [3.05, 3.63) is 45.1 Å². The third-order valence-corrected chi connectivity index (χ3v) is 9.04. The lowest BCUT2D eigenvalue weighted by Gasteiger charge is -2.09. The van der Waals surface area contributed by atoms with Gasteiger partial charge in [0.2, 0.25) is 11.8 Å². The number of aliphatic carboxylic acids is 1. The molecule has 0 saturated heterocycles. The first-order chi connectivity index (χ1) is 24.4. The van der Waals surface area contributed by atoms with Gasteiger partial charge in [-0.25, -0.2) is 27.7 Å². The number of nitrogens with zero attached hydrogens (tertiary/aromatic N) is 1. The van der Waals surface area contributed by atoms with E-state index in [-0.39, 0.29) is 58.4 Å². The lowest BCUT2D eigenvalue weighted by atomic mass is 10.1. The zero-order chi connectivity index (χ0) is 37.2. The normalized spacial score (nSPS) is 11.3. The van der Waals surface area contributed by atoms with Gasteiger partial charge in [-0.1, -0.05) is 0 Å². The number of hydrogen-bond acceptors (Lipinski definition) is 14. The molecule has 280 valence electrons. The molecule has 0 aliphatic carbocycles. The molecule has 1 aromatic carbocycles. The van der Waals surface area contributed by atoms with Crippen molar-refractivity contribution in [2.75, 3.05) is 71.2 Å². The van der Waals surface area contributed by atoms with Gasteiger partial charge in [-0.2, -0.15) is 0 Å². The number of carboxylic acid groups (broad SMARTS) is 1. The van der Waals surface area contributed by atoms with Gasteiger partial charge in [0.15, 0.2) is 16.8 Å². The third-order valence-electron chi connectivity index (χ3n) is 6.53. The number of ether oxygens (including phenoxy) is 4. The minimum absolute atomic E-state index is 0.0607. The van der Waals surface area contributed by atoms with Crippen LogP contribution in [0.4, 0.5) is 5.13 Å². The van der Waals surface area contributed by atoms with Crippen LogP contribution in [-0.4, -0.2) is 108 Å². The van der Waals surface area contributed by atoms with E-state index in [2.05, 4.69) is 25.7 Å². The highest BCUT2D eigenvalue weighted by molar-refractivity contribution is 7.89. The van der Waals surface area contributed by atoms with Gasteiger partial charge in [-0.3, -0.25) is 14.4 Å². The van der Waals surface area contributed by atoms with Gasteiger partial charge < -0.3 is 44.4 Å². The van der Waals surface area contributed by atoms with Crippen molar-refractivity contribution in [1.82, 2.24) is 20.3 Å².